The molecule has 0 spiro atoms. The first kappa shape index (κ1) is 16.4. The lowest BCUT2D eigenvalue weighted by Crippen LogP contribution is -2.05. The van der Waals surface area contributed by atoms with Gasteiger partial charge in [0.05, 0.1) is 22.3 Å². The van der Waals surface area contributed by atoms with E-state index in [1.807, 2.05) is 6.07 Å². The van der Waals surface area contributed by atoms with Crippen LogP contribution in [0, 0.1) is 0 Å². The Labute approximate surface area is 140 Å². The molecule has 0 aliphatic carbocycles. The average molecular weight is 353 g/mol. The Kier molecular flexibility index (Phi) is 4.01. The smallest absolute Gasteiger partial charge is 0.418 e. The fraction of sp³-hybridized carbons (Fsp3) is 0.118. The van der Waals surface area contributed by atoms with Crippen molar-refractivity contribution in [3.63, 3.8) is 0 Å². The van der Waals surface area contributed by atoms with Gasteiger partial charge in [0, 0.05) is 23.7 Å². The van der Waals surface area contributed by atoms with Gasteiger partial charge in [0.15, 0.2) is 0 Å². The number of aryl methyl sites for hydroxylation is 1. The molecule has 0 fully saturated rings. The second-order valence-electron chi connectivity index (χ2n) is 5.23. The van der Waals surface area contributed by atoms with Crippen molar-refractivity contribution in [1.29, 1.82) is 0 Å². The number of hydrogen-bond acceptors (Lipinski definition) is 2. The highest BCUT2D eigenvalue weighted by molar-refractivity contribution is 6.30. The summed E-state index contributed by atoms with van der Waals surface area (Å²) >= 11 is 5.65. The van der Waals surface area contributed by atoms with Gasteiger partial charge in [-0.3, -0.25) is 4.99 Å². The third-order valence-electron chi connectivity index (χ3n) is 3.71. The third-order valence-corrected chi connectivity index (χ3v) is 3.95. The Morgan fingerprint density at radius 3 is 2.58 bits per heavy atom. The molecule has 0 aliphatic rings. The zero-order valence-electron chi connectivity index (χ0n) is 12.5. The second kappa shape index (κ2) is 5.87. The van der Waals surface area contributed by atoms with Crippen LogP contribution in [0.2, 0.25) is 5.02 Å². The monoisotopic (exact) mass is 352 g/mol. The molecule has 0 saturated heterocycles. The maximum Gasteiger partial charge on any atom is 0.418 e. The van der Waals surface area contributed by atoms with Gasteiger partial charge in [-0.2, -0.15) is 13.2 Å². The number of aromatic hydroxyl groups is 1. The number of rotatable bonds is 2. The van der Waals surface area contributed by atoms with E-state index >= 15 is 0 Å². The van der Waals surface area contributed by atoms with Gasteiger partial charge >= 0.3 is 6.18 Å². The van der Waals surface area contributed by atoms with Crippen LogP contribution in [0.5, 0.6) is 5.88 Å². The third kappa shape index (κ3) is 2.85. The van der Waals surface area contributed by atoms with Crippen LogP contribution in [0.1, 0.15) is 11.1 Å². The molecule has 0 bridgehead atoms. The van der Waals surface area contributed by atoms with Crippen molar-refractivity contribution in [2.24, 2.45) is 12.0 Å². The summed E-state index contributed by atoms with van der Waals surface area (Å²) in [6.07, 6.45) is -3.34. The number of aliphatic imine (C=N–C) groups is 1. The lowest BCUT2D eigenvalue weighted by Gasteiger charge is -2.09. The molecule has 0 atom stereocenters. The van der Waals surface area contributed by atoms with E-state index in [-0.39, 0.29) is 16.6 Å². The van der Waals surface area contributed by atoms with Crippen LogP contribution >= 0.6 is 11.6 Å². The van der Waals surface area contributed by atoms with Crippen LogP contribution in [0.25, 0.3) is 10.9 Å². The highest BCUT2D eigenvalue weighted by Crippen LogP contribution is 2.38. The van der Waals surface area contributed by atoms with E-state index in [2.05, 4.69) is 4.99 Å². The van der Waals surface area contributed by atoms with Crippen molar-refractivity contribution in [1.82, 2.24) is 4.57 Å². The number of halogens is 4. The maximum atomic E-state index is 13.1. The number of para-hydroxylation sites is 1. The fourth-order valence-electron chi connectivity index (χ4n) is 2.52. The number of alkyl halides is 3. The summed E-state index contributed by atoms with van der Waals surface area (Å²) in [5, 5.41) is 10.9. The molecule has 1 heterocycles. The summed E-state index contributed by atoms with van der Waals surface area (Å²) in [5.74, 6) is -0.0672. The molecular weight excluding hydrogens is 341 g/mol. The number of benzene rings is 2. The Balaban J connectivity index is 2.12. The molecule has 3 aromatic rings. The highest BCUT2D eigenvalue weighted by atomic mass is 35.5. The SMILES string of the molecule is Cn1c(O)c(C=Nc2ccc(Cl)cc2C(F)(F)F)c2ccccc21. The first-order valence-corrected chi connectivity index (χ1v) is 7.34. The van der Waals surface area contributed by atoms with Crippen LogP contribution in [-0.2, 0) is 13.2 Å². The van der Waals surface area contributed by atoms with E-state index in [1.54, 1.807) is 29.8 Å². The van der Waals surface area contributed by atoms with Crippen LogP contribution in [0.15, 0.2) is 47.5 Å². The highest BCUT2D eigenvalue weighted by Gasteiger charge is 2.33. The minimum Gasteiger partial charge on any atom is -0.494 e. The van der Waals surface area contributed by atoms with Gasteiger partial charge in [-0.15, -0.1) is 0 Å². The molecule has 7 heteroatoms. The lowest BCUT2D eigenvalue weighted by molar-refractivity contribution is -0.137. The molecule has 0 radical (unpaired) electrons. The van der Waals surface area contributed by atoms with Crippen molar-refractivity contribution in [3.05, 3.63) is 58.6 Å². The van der Waals surface area contributed by atoms with Gasteiger partial charge < -0.3 is 9.67 Å². The van der Waals surface area contributed by atoms with Crippen LogP contribution in [0.4, 0.5) is 18.9 Å². The quantitative estimate of drug-likeness (QED) is 0.624. The molecule has 3 rings (SSSR count). The first-order chi connectivity index (χ1) is 11.3. The van der Waals surface area contributed by atoms with Gasteiger partial charge in [0.1, 0.15) is 0 Å². The summed E-state index contributed by atoms with van der Waals surface area (Å²) in [6, 6.07) is 10.5. The molecule has 2 aromatic carbocycles. The molecule has 3 nitrogen and oxygen atoms in total. The molecule has 1 N–H and O–H groups in total. The van der Waals surface area contributed by atoms with E-state index in [9.17, 15) is 18.3 Å². The van der Waals surface area contributed by atoms with E-state index in [1.165, 1.54) is 18.3 Å². The molecule has 1 aromatic heterocycles. The standard InChI is InChI=1S/C17H12ClF3N2O/c1-23-15-5-3-2-4-11(15)12(16(23)24)9-22-14-7-6-10(18)8-13(14)17(19,20)21/h2-9,24H,1H3. The second-order valence-corrected chi connectivity index (χ2v) is 5.67. The minimum absolute atomic E-state index is 0.0192. The summed E-state index contributed by atoms with van der Waals surface area (Å²) in [6.45, 7) is 0. The van der Waals surface area contributed by atoms with Crippen LogP contribution < -0.4 is 0 Å². The Morgan fingerprint density at radius 2 is 1.88 bits per heavy atom. The molecule has 0 amide bonds. The number of nitrogens with zero attached hydrogens (tertiary/aromatic N) is 2. The summed E-state index contributed by atoms with van der Waals surface area (Å²) in [4.78, 5) is 3.93. The Morgan fingerprint density at radius 1 is 1.17 bits per heavy atom. The summed E-state index contributed by atoms with van der Waals surface area (Å²) < 4.78 is 40.9. The first-order valence-electron chi connectivity index (χ1n) is 6.96. The van der Waals surface area contributed by atoms with Gasteiger partial charge in [-0.1, -0.05) is 29.8 Å². The maximum absolute atomic E-state index is 13.1. The van der Waals surface area contributed by atoms with Crippen molar-refractivity contribution < 1.29 is 18.3 Å². The summed E-state index contributed by atoms with van der Waals surface area (Å²) in [5.41, 5.74) is -0.0787. The van der Waals surface area contributed by atoms with Crippen LogP contribution in [-0.4, -0.2) is 15.9 Å². The summed E-state index contributed by atoms with van der Waals surface area (Å²) in [7, 11) is 1.67. The molecule has 0 saturated carbocycles. The largest absolute Gasteiger partial charge is 0.494 e. The average Bonchev–Trinajstić information content (AvgIpc) is 2.77. The molecule has 0 aliphatic heterocycles. The van der Waals surface area contributed by atoms with Gasteiger partial charge in [-0.25, -0.2) is 0 Å². The minimum atomic E-state index is -4.57. The van der Waals surface area contributed by atoms with Crippen molar-refractivity contribution in [2.45, 2.75) is 6.18 Å². The zero-order chi connectivity index (χ0) is 17.5. The predicted molar refractivity (Wildman–Crippen MR) is 88.3 cm³/mol. The zero-order valence-corrected chi connectivity index (χ0v) is 13.2. The number of hydrogen-bond donors (Lipinski definition) is 1. The Hall–Kier alpha value is -2.47. The van der Waals surface area contributed by atoms with Crippen molar-refractivity contribution in [2.75, 3.05) is 0 Å². The molecule has 124 valence electrons. The van der Waals surface area contributed by atoms with E-state index in [4.69, 9.17) is 11.6 Å². The number of aromatic nitrogens is 1. The molecule has 24 heavy (non-hydrogen) atoms. The van der Waals surface area contributed by atoms with Gasteiger partial charge in [-0.05, 0) is 24.3 Å². The van der Waals surface area contributed by atoms with Crippen molar-refractivity contribution in [3.8, 4) is 5.88 Å². The fourth-order valence-corrected chi connectivity index (χ4v) is 2.69. The van der Waals surface area contributed by atoms with Gasteiger partial charge in [0.2, 0.25) is 5.88 Å². The van der Waals surface area contributed by atoms with Crippen molar-refractivity contribution >= 4 is 34.4 Å². The van der Waals surface area contributed by atoms with E-state index in [0.29, 0.717) is 10.9 Å². The lowest BCUT2D eigenvalue weighted by atomic mass is 10.1. The number of fused-ring (bicyclic) bond motifs is 1. The molecular formula is C17H12ClF3N2O. The normalized spacial score (nSPS) is 12.4. The predicted octanol–water partition coefficient (Wildman–Crippen LogP) is 5.31. The van der Waals surface area contributed by atoms with Gasteiger partial charge in [0.25, 0.3) is 0 Å². The molecule has 0 unspecified atom stereocenters. The van der Waals surface area contributed by atoms with Crippen LogP contribution in [0.3, 0.4) is 0 Å². The topological polar surface area (TPSA) is 37.5 Å². The Bertz CT molecular complexity index is 945. The van der Waals surface area contributed by atoms with E-state index in [0.717, 1.165) is 11.6 Å². The van der Waals surface area contributed by atoms with E-state index < -0.39 is 11.7 Å².